The Balaban J connectivity index is 1.72. The second-order valence-electron chi connectivity index (χ2n) is 4.15. The number of rotatable bonds is 5. The van der Waals surface area contributed by atoms with Gasteiger partial charge in [0, 0.05) is 6.21 Å². The number of allylic oxidation sites excluding steroid dienone is 1. The van der Waals surface area contributed by atoms with Crippen molar-refractivity contribution >= 4 is 29.8 Å². The zero-order chi connectivity index (χ0) is 14.2. The Morgan fingerprint density at radius 1 is 1.40 bits per heavy atom. The van der Waals surface area contributed by atoms with E-state index in [1.807, 2.05) is 36.4 Å². The van der Waals surface area contributed by atoms with Gasteiger partial charge in [0.25, 0.3) is 0 Å². The van der Waals surface area contributed by atoms with Crippen LogP contribution in [0.1, 0.15) is 18.4 Å². The van der Waals surface area contributed by atoms with Crippen LogP contribution in [0.15, 0.2) is 46.6 Å². The molecule has 0 unspecified atom stereocenters. The van der Waals surface area contributed by atoms with Crippen molar-refractivity contribution in [2.75, 3.05) is 0 Å². The maximum atomic E-state index is 11.5. The van der Waals surface area contributed by atoms with E-state index in [2.05, 4.69) is 21.1 Å². The van der Waals surface area contributed by atoms with Crippen molar-refractivity contribution in [1.82, 2.24) is 10.9 Å². The lowest BCUT2D eigenvalue weighted by atomic mass is 10.2. The minimum atomic E-state index is -0.301. The molecular formula is C14H14N4O2. The molecule has 0 atom stereocenters. The normalized spacial score (nSPS) is 14.6. The summed E-state index contributed by atoms with van der Waals surface area (Å²) in [6, 6.07) is 9.75. The summed E-state index contributed by atoms with van der Waals surface area (Å²) in [6.45, 7) is 0. The van der Waals surface area contributed by atoms with Crippen molar-refractivity contribution in [2.45, 2.75) is 12.8 Å². The lowest BCUT2D eigenvalue weighted by Gasteiger charge is -1.96. The van der Waals surface area contributed by atoms with Crippen molar-refractivity contribution in [3.05, 3.63) is 42.0 Å². The molecule has 1 aromatic carbocycles. The number of carbonyl (C=O) groups is 2. The van der Waals surface area contributed by atoms with Crippen LogP contribution in [-0.4, -0.2) is 23.7 Å². The largest absolute Gasteiger partial charge is 0.273 e. The van der Waals surface area contributed by atoms with Gasteiger partial charge >= 0.3 is 0 Å². The number of hydrogen-bond acceptors (Lipinski definition) is 4. The van der Waals surface area contributed by atoms with E-state index in [-0.39, 0.29) is 24.7 Å². The number of carbonyl (C=O) groups excluding carboxylic acids is 2. The van der Waals surface area contributed by atoms with Crippen LogP contribution in [0.3, 0.4) is 0 Å². The third-order valence-corrected chi connectivity index (χ3v) is 2.51. The van der Waals surface area contributed by atoms with Crippen molar-refractivity contribution in [3.8, 4) is 0 Å². The summed E-state index contributed by atoms with van der Waals surface area (Å²) in [7, 11) is 0. The standard InChI is InChI=1S/C14H14N4O2/c19-13(9-12-10-14(20)18-16-12)17-15-8-4-7-11-5-2-1-3-6-11/h1-8H,9-10H2,(H,17,19)(H,18,20)/b7-4+,15-8+. The van der Waals surface area contributed by atoms with Crippen LogP contribution >= 0.6 is 0 Å². The van der Waals surface area contributed by atoms with Crippen LogP contribution in [0.2, 0.25) is 0 Å². The lowest BCUT2D eigenvalue weighted by Crippen LogP contribution is -2.20. The molecule has 2 rings (SSSR count). The van der Waals surface area contributed by atoms with E-state index in [1.165, 1.54) is 6.21 Å². The molecule has 6 heteroatoms. The highest BCUT2D eigenvalue weighted by Gasteiger charge is 2.16. The first-order valence-corrected chi connectivity index (χ1v) is 6.12. The maximum absolute atomic E-state index is 11.5. The fourth-order valence-electron chi connectivity index (χ4n) is 1.60. The van der Waals surface area contributed by atoms with Crippen LogP contribution in [0.25, 0.3) is 6.08 Å². The number of hydrazone groups is 2. The Bertz CT molecular complexity index is 576. The summed E-state index contributed by atoms with van der Waals surface area (Å²) in [5.74, 6) is -0.494. The van der Waals surface area contributed by atoms with Crippen molar-refractivity contribution in [2.24, 2.45) is 10.2 Å². The molecule has 0 saturated carbocycles. The molecule has 0 aromatic heterocycles. The van der Waals surface area contributed by atoms with E-state index in [9.17, 15) is 9.59 Å². The quantitative estimate of drug-likeness (QED) is 0.619. The third kappa shape index (κ3) is 4.49. The number of hydrogen-bond donors (Lipinski definition) is 2. The second kappa shape index (κ2) is 6.98. The average Bonchev–Trinajstić information content (AvgIpc) is 2.85. The second-order valence-corrected chi connectivity index (χ2v) is 4.15. The first kappa shape index (κ1) is 13.7. The van der Waals surface area contributed by atoms with E-state index in [0.29, 0.717) is 5.71 Å². The molecule has 0 spiro atoms. The molecule has 1 heterocycles. The molecule has 20 heavy (non-hydrogen) atoms. The zero-order valence-corrected chi connectivity index (χ0v) is 10.7. The molecule has 6 nitrogen and oxygen atoms in total. The molecule has 1 aliphatic rings. The molecule has 1 aliphatic heterocycles. The van der Waals surface area contributed by atoms with E-state index in [4.69, 9.17) is 0 Å². The molecule has 0 radical (unpaired) electrons. The first-order valence-electron chi connectivity index (χ1n) is 6.12. The summed E-state index contributed by atoms with van der Waals surface area (Å²) in [4.78, 5) is 22.3. The Morgan fingerprint density at radius 2 is 2.20 bits per heavy atom. The predicted octanol–water partition coefficient (Wildman–Crippen LogP) is 1.07. The van der Waals surface area contributed by atoms with E-state index >= 15 is 0 Å². The van der Waals surface area contributed by atoms with Crippen LogP contribution in [-0.2, 0) is 9.59 Å². The fraction of sp³-hybridized carbons (Fsp3) is 0.143. The van der Waals surface area contributed by atoms with Crippen LogP contribution in [0.5, 0.6) is 0 Å². The van der Waals surface area contributed by atoms with Gasteiger partial charge in [-0.1, -0.05) is 36.4 Å². The van der Waals surface area contributed by atoms with Gasteiger partial charge in [0.05, 0.1) is 18.6 Å². The highest BCUT2D eigenvalue weighted by atomic mass is 16.2. The number of benzene rings is 1. The Kier molecular flexibility index (Phi) is 4.77. The van der Waals surface area contributed by atoms with Gasteiger partial charge in [-0.05, 0) is 11.6 Å². The van der Waals surface area contributed by atoms with Gasteiger partial charge in [0.1, 0.15) is 0 Å². The zero-order valence-electron chi connectivity index (χ0n) is 10.7. The van der Waals surface area contributed by atoms with Gasteiger partial charge in [-0.25, -0.2) is 10.9 Å². The van der Waals surface area contributed by atoms with Gasteiger partial charge in [0.15, 0.2) is 0 Å². The molecular weight excluding hydrogens is 256 g/mol. The molecule has 2 amide bonds. The summed E-state index contributed by atoms with van der Waals surface area (Å²) in [5.41, 5.74) is 6.23. The third-order valence-electron chi connectivity index (χ3n) is 2.51. The minimum absolute atomic E-state index is 0.0679. The molecule has 0 bridgehead atoms. The SMILES string of the molecule is O=C1CC(CC(=O)N/N=C/C=C/c2ccccc2)=NN1. The summed E-state index contributed by atoms with van der Waals surface area (Å²) in [5, 5.41) is 7.51. The average molecular weight is 270 g/mol. The number of amides is 2. The van der Waals surface area contributed by atoms with Crippen molar-refractivity contribution in [1.29, 1.82) is 0 Å². The summed E-state index contributed by atoms with van der Waals surface area (Å²) < 4.78 is 0. The Labute approximate surface area is 116 Å². The highest BCUT2D eigenvalue weighted by molar-refractivity contribution is 6.11. The van der Waals surface area contributed by atoms with E-state index in [1.54, 1.807) is 6.08 Å². The van der Waals surface area contributed by atoms with Gasteiger partial charge < -0.3 is 0 Å². The molecule has 0 saturated heterocycles. The van der Waals surface area contributed by atoms with Crippen LogP contribution < -0.4 is 10.9 Å². The van der Waals surface area contributed by atoms with Gasteiger partial charge in [-0.15, -0.1) is 0 Å². The van der Waals surface area contributed by atoms with Gasteiger partial charge in [-0.2, -0.15) is 10.2 Å². The minimum Gasteiger partial charge on any atom is -0.273 e. The molecule has 0 fully saturated rings. The Hall–Kier alpha value is -2.76. The molecule has 102 valence electrons. The maximum Gasteiger partial charge on any atom is 0.245 e. The molecule has 0 aliphatic carbocycles. The lowest BCUT2D eigenvalue weighted by molar-refractivity contribution is -0.119. The van der Waals surface area contributed by atoms with E-state index in [0.717, 1.165) is 5.56 Å². The monoisotopic (exact) mass is 270 g/mol. The summed E-state index contributed by atoms with van der Waals surface area (Å²) >= 11 is 0. The van der Waals surface area contributed by atoms with Crippen molar-refractivity contribution < 1.29 is 9.59 Å². The van der Waals surface area contributed by atoms with Crippen LogP contribution in [0, 0.1) is 0 Å². The number of nitrogens with one attached hydrogen (secondary N) is 2. The smallest absolute Gasteiger partial charge is 0.245 e. The van der Waals surface area contributed by atoms with Gasteiger partial charge in [-0.3, -0.25) is 9.59 Å². The van der Waals surface area contributed by atoms with Crippen molar-refractivity contribution in [3.63, 3.8) is 0 Å². The molecule has 2 N–H and O–H groups in total. The first-order chi connectivity index (χ1) is 9.74. The fourth-order valence-corrected chi connectivity index (χ4v) is 1.60. The van der Waals surface area contributed by atoms with Gasteiger partial charge in [0.2, 0.25) is 11.8 Å². The predicted molar refractivity (Wildman–Crippen MR) is 76.9 cm³/mol. The molecule has 1 aromatic rings. The van der Waals surface area contributed by atoms with E-state index < -0.39 is 0 Å². The Morgan fingerprint density at radius 3 is 2.90 bits per heavy atom. The summed E-state index contributed by atoms with van der Waals surface area (Å²) in [6.07, 6.45) is 5.33. The topological polar surface area (TPSA) is 82.9 Å². The van der Waals surface area contributed by atoms with Crippen LogP contribution in [0.4, 0.5) is 0 Å². The number of nitrogens with zero attached hydrogens (tertiary/aromatic N) is 2. The highest BCUT2D eigenvalue weighted by Crippen LogP contribution is 2.00.